The predicted octanol–water partition coefficient (Wildman–Crippen LogP) is 2.46. The molecule has 3 amide bonds. The van der Waals surface area contributed by atoms with Gasteiger partial charge in [0, 0.05) is 11.1 Å². The highest BCUT2D eigenvalue weighted by Gasteiger charge is 2.17. The van der Waals surface area contributed by atoms with E-state index in [2.05, 4.69) is 26.1 Å². The number of thioether (sulfide) groups is 1. The summed E-state index contributed by atoms with van der Waals surface area (Å²) in [5.74, 6) is -0.255. The Morgan fingerprint density at radius 2 is 1.73 bits per heavy atom. The summed E-state index contributed by atoms with van der Waals surface area (Å²) in [6, 6.07) is -0.495. The number of imide groups is 1. The van der Waals surface area contributed by atoms with Crippen LogP contribution < -0.4 is 16.0 Å². The summed E-state index contributed by atoms with van der Waals surface area (Å²) in [5.41, 5.74) is -0.478. The van der Waals surface area contributed by atoms with Crippen LogP contribution >= 0.6 is 23.1 Å². The van der Waals surface area contributed by atoms with Crippen molar-refractivity contribution in [2.24, 2.45) is 0 Å². The minimum Gasteiger partial charge on any atom is -0.355 e. The summed E-state index contributed by atoms with van der Waals surface area (Å²) < 4.78 is 0.679. The van der Waals surface area contributed by atoms with Crippen molar-refractivity contribution >= 4 is 40.2 Å². The topological polar surface area (TPSA) is 96.0 Å². The fourth-order valence-corrected chi connectivity index (χ4v) is 3.06. The molecule has 7 nitrogen and oxygen atoms in total. The Kier molecular flexibility index (Phi) is 6.18. The number of hydrogen-bond donors (Lipinski definition) is 3. The Bertz CT molecular complexity index is 531. The van der Waals surface area contributed by atoms with Gasteiger partial charge >= 0.3 is 6.03 Å². The average Bonchev–Trinajstić information content (AvgIpc) is 2.68. The zero-order valence-electron chi connectivity index (χ0n) is 13.7. The quantitative estimate of drug-likeness (QED) is 0.726. The monoisotopic (exact) mass is 345 g/mol. The normalized spacial score (nSPS) is 11.9. The van der Waals surface area contributed by atoms with Gasteiger partial charge in [-0.3, -0.25) is 10.1 Å². The zero-order chi connectivity index (χ0) is 17.0. The molecule has 1 rings (SSSR count). The maximum absolute atomic E-state index is 11.7. The minimum absolute atomic E-state index is 0.0934. The molecule has 0 radical (unpaired) electrons. The summed E-state index contributed by atoms with van der Waals surface area (Å²) in [7, 11) is 0. The van der Waals surface area contributed by atoms with E-state index in [1.165, 1.54) is 23.1 Å². The smallest absolute Gasteiger partial charge is 0.321 e. The molecule has 1 heterocycles. The molecule has 0 aliphatic rings. The van der Waals surface area contributed by atoms with Gasteiger partial charge in [-0.25, -0.2) is 4.79 Å². The molecular formula is C13H23N5O2S2. The summed E-state index contributed by atoms with van der Waals surface area (Å²) in [6.07, 6.45) is 0. The molecule has 0 spiro atoms. The molecule has 1 aromatic rings. The lowest BCUT2D eigenvalue weighted by molar-refractivity contribution is -0.117. The molecule has 0 fully saturated rings. The van der Waals surface area contributed by atoms with E-state index in [0.29, 0.717) is 9.47 Å². The lowest BCUT2D eigenvalue weighted by Gasteiger charge is -2.20. The number of hydrogen-bond acceptors (Lipinski definition) is 7. The van der Waals surface area contributed by atoms with Gasteiger partial charge in [0.2, 0.25) is 11.0 Å². The van der Waals surface area contributed by atoms with Crippen molar-refractivity contribution in [3.05, 3.63) is 0 Å². The first-order chi connectivity index (χ1) is 9.94. The Morgan fingerprint density at radius 1 is 1.09 bits per heavy atom. The number of nitrogens with zero attached hydrogens (tertiary/aromatic N) is 2. The fourth-order valence-electron chi connectivity index (χ4n) is 1.30. The van der Waals surface area contributed by atoms with Gasteiger partial charge in [-0.05, 0) is 41.5 Å². The molecule has 0 saturated carbocycles. The second-order valence-electron chi connectivity index (χ2n) is 6.79. The Labute approximate surface area is 139 Å². The molecule has 0 atom stereocenters. The first-order valence-electron chi connectivity index (χ1n) is 6.81. The highest BCUT2D eigenvalue weighted by molar-refractivity contribution is 8.01. The number of nitrogens with one attached hydrogen (secondary N) is 3. The third-order valence-electron chi connectivity index (χ3n) is 1.96. The number of anilines is 1. The van der Waals surface area contributed by atoms with E-state index in [1.807, 2.05) is 41.5 Å². The van der Waals surface area contributed by atoms with Crippen molar-refractivity contribution in [3.8, 4) is 0 Å². The minimum atomic E-state index is -0.495. The maximum Gasteiger partial charge on any atom is 0.321 e. The van der Waals surface area contributed by atoms with Crippen molar-refractivity contribution in [1.82, 2.24) is 20.8 Å². The summed E-state index contributed by atoms with van der Waals surface area (Å²) in [5, 5.41) is 16.9. The zero-order valence-corrected chi connectivity index (χ0v) is 15.4. The molecule has 0 aliphatic heterocycles. The number of carbonyl (C=O) groups is 2. The van der Waals surface area contributed by atoms with Crippen LogP contribution in [0.15, 0.2) is 4.34 Å². The number of amides is 3. The van der Waals surface area contributed by atoms with Crippen molar-refractivity contribution in [3.63, 3.8) is 0 Å². The van der Waals surface area contributed by atoms with Gasteiger partial charge in [0.1, 0.15) is 0 Å². The van der Waals surface area contributed by atoms with E-state index < -0.39 is 6.03 Å². The van der Waals surface area contributed by atoms with Crippen LogP contribution in [-0.2, 0) is 4.79 Å². The first-order valence-corrected chi connectivity index (χ1v) is 8.61. The molecule has 3 N–H and O–H groups in total. The lowest BCUT2D eigenvalue weighted by atomic mass is 10.1. The van der Waals surface area contributed by atoms with Crippen molar-refractivity contribution < 1.29 is 9.59 Å². The Morgan fingerprint density at radius 3 is 2.27 bits per heavy atom. The van der Waals surface area contributed by atoms with Crippen LogP contribution in [0.4, 0.5) is 9.93 Å². The first kappa shape index (κ1) is 18.7. The fraction of sp³-hybridized carbons (Fsp3) is 0.692. The molecule has 22 heavy (non-hydrogen) atoms. The molecule has 124 valence electrons. The van der Waals surface area contributed by atoms with Crippen LogP contribution in [0.3, 0.4) is 0 Å². The average molecular weight is 345 g/mol. The molecular weight excluding hydrogens is 322 g/mol. The van der Waals surface area contributed by atoms with Crippen LogP contribution in [0.1, 0.15) is 41.5 Å². The largest absolute Gasteiger partial charge is 0.355 e. The van der Waals surface area contributed by atoms with Crippen LogP contribution in [0.2, 0.25) is 0 Å². The maximum atomic E-state index is 11.7. The van der Waals surface area contributed by atoms with Crippen LogP contribution in [0.25, 0.3) is 0 Å². The van der Waals surface area contributed by atoms with E-state index >= 15 is 0 Å². The number of carbonyl (C=O) groups excluding carboxylic acids is 2. The molecule has 0 bridgehead atoms. The number of aromatic nitrogens is 2. The third kappa shape index (κ3) is 8.18. The van der Waals surface area contributed by atoms with E-state index in [-0.39, 0.29) is 22.7 Å². The highest BCUT2D eigenvalue weighted by atomic mass is 32.2. The number of rotatable bonds is 4. The Balaban J connectivity index is 2.40. The second-order valence-corrected chi connectivity index (χ2v) is 8.99. The van der Waals surface area contributed by atoms with E-state index in [1.54, 1.807) is 0 Å². The van der Waals surface area contributed by atoms with Crippen molar-refractivity contribution in [2.75, 3.05) is 11.1 Å². The summed E-state index contributed by atoms with van der Waals surface area (Å²) >= 11 is 2.63. The summed E-state index contributed by atoms with van der Waals surface area (Å²) in [4.78, 5) is 23.2. The van der Waals surface area contributed by atoms with Gasteiger partial charge in [0.05, 0.1) is 5.75 Å². The molecule has 0 unspecified atom stereocenters. The molecule has 1 aromatic heterocycles. The van der Waals surface area contributed by atoms with Gasteiger partial charge in [0.25, 0.3) is 0 Å². The lowest BCUT2D eigenvalue weighted by Crippen LogP contribution is -2.48. The van der Waals surface area contributed by atoms with E-state index in [0.717, 1.165) is 0 Å². The van der Waals surface area contributed by atoms with E-state index in [4.69, 9.17) is 0 Å². The SMILES string of the molecule is CC(C)(C)NC(=O)NC(=O)CSc1nnc(NC(C)(C)C)s1. The molecule has 0 aromatic carbocycles. The van der Waals surface area contributed by atoms with Crippen LogP contribution in [0.5, 0.6) is 0 Å². The molecule has 0 aliphatic carbocycles. The van der Waals surface area contributed by atoms with Gasteiger partial charge in [-0.15, -0.1) is 10.2 Å². The van der Waals surface area contributed by atoms with Crippen molar-refractivity contribution in [1.29, 1.82) is 0 Å². The standard InChI is InChI=1S/C13H23N5O2S2/c1-12(2,3)15-9(20)14-8(19)7-21-11-18-17-10(22-11)16-13(4,5)6/h7H2,1-6H3,(H,16,17)(H2,14,15,19,20). The van der Waals surface area contributed by atoms with Crippen molar-refractivity contribution in [2.45, 2.75) is 57.0 Å². The third-order valence-corrected chi connectivity index (χ3v) is 3.93. The Hall–Kier alpha value is -1.35. The van der Waals surface area contributed by atoms with Crippen LogP contribution in [-0.4, -0.2) is 39.0 Å². The second kappa shape index (κ2) is 7.28. The van der Waals surface area contributed by atoms with Gasteiger partial charge in [-0.2, -0.15) is 0 Å². The number of urea groups is 1. The van der Waals surface area contributed by atoms with Gasteiger partial charge < -0.3 is 10.6 Å². The van der Waals surface area contributed by atoms with Crippen LogP contribution in [0, 0.1) is 0 Å². The molecule has 0 saturated heterocycles. The highest BCUT2D eigenvalue weighted by Crippen LogP contribution is 2.26. The summed E-state index contributed by atoms with van der Waals surface area (Å²) in [6.45, 7) is 11.6. The van der Waals surface area contributed by atoms with E-state index in [9.17, 15) is 9.59 Å². The predicted molar refractivity (Wildman–Crippen MR) is 90.4 cm³/mol. The van der Waals surface area contributed by atoms with Gasteiger partial charge in [0.15, 0.2) is 4.34 Å². The van der Waals surface area contributed by atoms with Gasteiger partial charge in [-0.1, -0.05) is 23.1 Å². The molecule has 9 heteroatoms.